The molecule has 0 saturated heterocycles. The van der Waals surface area contributed by atoms with Crippen LogP contribution in [0, 0.1) is 13.8 Å². The van der Waals surface area contributed by atoms with E-state index in [-0.39, 0.29) is 5.91 Å². The normalized spacial score (nSPS) is 10.7. The number of aromatic nitrogens is 2. The lowest BCUT2D eigenvalue weighted by Gasteiger charge is -2.11. The highest BCUT2D eigenvalue weighted by molar-refractivity contribution is 6.03. The van der Waals surface area contributed by atoms with Crippen molar-refractivity contribution >= 4 is 23.1 Å². The number of anilines is 3. The zero-order valence-corrected chi connectivity index (χ0v) is 16.1. The number of rotatable bonds is 5. The van der Waals surface area contributed by atoms with E-state index in [4.69, 9.17) is 0 Å². The second kappa shape index (κ2) is 7.99. The van der Waals surface area contributed by atoms with Gasteiger partial charge in [0.1, 0.15) is 17.3 Å². The summed E-state index contributed by atoms with van der Waals surface area (Å²) >= 11 is 0. The molecule has 1 amide bonds. The third-order valence-electron chi connectivity index (χ3n) is 4.20. The van der Waals surface area contributed by atoms with Crippen LogP contribution in [0.15, 0.2) is 54.6 Å². The van der Waals surface area contributed by atoms with Gasteiger partial charge in [-0.05, 0) is 55.2 Å². The molecule has 2 N–H and O–H groups in total. The van der Waals surface area contributed by atoms with Crippen molar-refractivity contribution in [3.63, 3.8) is 0 Å². The fourth-order valence-corrected chi connectivity index (χ4v) is 2.77. The van der Waals surface area contributed by atoms with Crippen molar-refractivity contribution in [1.29, 1.82) is 0 Å². The SMILES string of the molecule is Cc1cccc(NC(=O)c2cc(Nc3ccc(C(C)C)cc3)nc(C)n2)c1. The largest absolute Gasteiger partial charge is 0.340 e. The molecule has 0 aliphatic rings. The first-order valence-electron chi connectivity index (χ1n) is 9.01. The zero-order chi connectivity index (χ0) is 19.4. The standard InChI is InChI=1S/C22H24N4O/c1-14(2)17-8-10-18(11-9-17)25-21-13-20(23-16(4)24-21)22(27)26-19-7-5-6-15(3)12-19/h5-14H,1-4H3,(H,26,27)(H,23,24,25). The van der Waals surface area contributed by atoms with E-state index in [1.165, 1.54) is 5.56 Å². The number of hydrogen-bond acceptors (Lipinski definition) is 4. The maximum Gasteiger partial charge on any atom is 0.274 e. The minimum Gasteiger partial charge on any atom is -0.340 e. The number of nitrogens with one attached hydrogen (secondary N) is 2. The van der Waals surface area contributed by atoms with Crippen molar-refractivity contribution in [2.45, 2.75) is 33.6 Å². The molecule has 0 radical (unpaired) electrons. The monoisotopic (exact) mass is 360 g/mol. The minimum atomic E-state index is -0.260. The first-order valence-corrected chi connectivity index (χ1v) is 9.01. The summed E-state index contributed by atoms with van der Waals surface area (Å²) < 4.78 is 0. The van der Waals surface area contributed by atoms with Gasteiger partial charge in [-0.15, -0.1) is 0 Å². The number of carbonyl (C=O) groups is 1. The lowest BCUT2D eigenvalue weighted by Crippen LogP contribution is -2.15. The minimum absolute atomic E-state index is 0.260. The molecule has 0 unspecified atom stereocenters. The van der Waals surface area contributed by atoms with Crippen LogP contribution in [0.3, 0.4) is 0 Å². The zero-order valence-electron chi connectivity index (χ0n) is 16.1. The number of carbonyl (C=O) groups excluding carboxylic acids is 1. The van der Waals surface area contributed by atoms with Gasteiger partial charge in [0.05, 0.1) is 0 Å². The van der Waals surface area contributed by atoms with Crippen LogP contribution in [0.1, 0.15) is 47.2 Å². The molecule has 0 atom stereocenters. The van der Waals surface area contributed by atoms with E-state index in [1.807, 2.05) is 43.3 Å². The second-order valence-electron chi connectivity index (χ2n) is 6.91. The summed E-state index contributed by atoms with van der Waals surface area (Å²) in [4.78, 5) is 21.2. The van der Waals surface area contributed by atoms with E-state index in [0.717, 1.165) is 16.9 Å². The number of amides is 1. The van der Waals surface area contributed by atoms with E-state index >= 15 is 0 Å². The maximum absolute atomic E-state index is 12.6. The van der Waals surface area contributed by atoms with Gasteiger partial charge >= 0.3 is 0 Å². The average Bonchev–Trinajstić information content (AvgIpc) is 2.61. The van der Waals surface area contributed by atoms with E-state index in [2.05, 4.69) is 46.6 Å². The number of aryl methyl sites for hydroxylation is 2. The molecule has 0 fully saturated rings. The summed E-state index contributed by atoms with van der Waals surface area (Å²) in [6, 6.07) is 17.5. The van der Waals surface area contributed by atoms with Crippen molar-refractivity contribution in [3.05, 3.63) is 77.2 Å². The molecule has 0 aliphatic carbocycles. The molecule has 27 heavy (non-hydrogen) atoms. The fraction of sp³-hybridized carbons (Fsp3) is 0.227. The van der Waals surface area contributed by atoms with Crippen molar-refractivity contribution in [3.8, 4) is 0 Å². The Balaban J connectivity index is 1.78. The molecule has 2 aromatic carbocycles. The van der Waals surface area contributed by atoms with E-state index < -0.39 is 0 Å². The number of hydrogen-bond donors (Lipinski definition) is 2. The van der Waals surface area contributed by atoms with Gasteiger partial charge in [0.25, 0.3) is 5.91 Å². The van der Waals surface area contributed by atoms with Crippen LogP contribution in [0.5, 0.6) is 0 Å². The average molecular weight is 360 g/mol. The molecule has 3 aromatic rings. The highest BCUT2D eigenvalue weighted by Crippen LogP contribution is 2.20. The lowest BCUT2D eigenvalue weighted by molar-refractivity contribution is 0.102. The van der Waals surface area contributed by atoms with Crippen LogP contribution < -0.4 is 10.6 Å². The summed E-state index contributed by atoms with van der Waals surface area (Å²) in [7, 11) is 0. The Morgan fingerprint density at radius 1 is 0.926 bits per heavy atom. The van der Waals surface area contributed by atoms with Gasteiger partial charge in [0, 0.05) is 17.4 Å². The second-order valence-corrected chi connectivity index (χ2v) is 6.91. The lowest BCUT2D eigenvalue weighted by atomic mass is 10.0. The van der Waals surface area contributed by atoms with Gasteiger partial charge in [-0.2, -0.15) is 0 Å². The molecular weight excluding hydrogens is 336 g/mol. The van der Waals surface area contributed by atoms with Crippen LogP contribution in [0.4, 0.5) is 17.2 Å². The van der Waals surface area contributed by atoms with Crippen molar-refractivity contribution in [2.24, 2.45) is 0 Å². The first kappa shape index (κ1) is 18.6. The van der Waals surface area contributed by atoms with Gasteiger partial charge in [0.2, 0.25) is 0 Å². The maximum atomic E-state index is 12.6. The third-order valence-corrected chi connectivity index (χ3v) is 4.20. The Morgan fingerprint density at radius 3 is 2.33 bits per heavy atom. The number of benzene rings is 2. The summed E-state index contributed by atoms with van der Waals surface area (Å²) in [6.07, 6.45) is 0. The van der Waals surface area contributed by atoms with Gasteiger partial charge in [-0.25, -0.2) is 9.97 Å². The van der Waals surface area contributed by atoms with E-state index in [1.54, 1.807) is 13.0 Å². The quantitative estimate of drug-likeness (QED) is 0.655. The van der Waals surface area contributed by atoms with Crippen LogP contribution in [0.2, 0.25) is 0 Å². The summed E-state index contributed by atoms with van der Waals surface area (Å²) in [6.45, 7) is 8.08. The molecule has 1 aromatic heterocycles. The molecule has 0 bridgehead atoms. The molecular formula is C22H24N4O. The predicted octanol–water partition coefficient (Wildman–Crippen LogP) is 5.21. The Kier molecular flexibility index (Phi) is 5.50. The highest BCUT2D eigenvalue weighted by atomic mass is 16.1. The molecule has 138 valence electrons. The summed E-state index contributed by atoms with van der Waals surface area (Å²) in [5.74, 6) is 1.35. The van der Waals surface area contributed by atoms with E-state index in [0.29, 0.717) is 23.3 Å². The molecule has 0 spiro atoms. The Morgan fingerprint density at radius 2 is 1.67 bits per heavy atom. The predicted molar refractivity (Wildman–Crippen MR) is 110 cm³/mol. The highest BCUT2D eigenvalue weighted by Gasteiger charge is 2.11. The Hall–Kier alpha value is -3.21. The first-order chi connectivity index (χ1) is 12.9. The van der Waals surface area contributed by atoms with Crippen LogP contribution in [0.25, 0.3) is 0 Å². The third kappa shape index (κ3) is 4.91. The van der Waals surface area contributed by atoms with Crippen molar-refractivity contribution < 1.29 is 4.79 Å². The van der Waals surface area contributed by atoms with Crippen molar-refractivity contribution in [1.82, 2.24) is 9.97 Å². The molecule has 0 aliphatic heterocycles. The summed E-state index contributed by atoms with van der Waals surface area (Å²) in [5.41, 5.74) is 4.35. The topological polar surface area (TPSA) is 66.9 Å². The fourth-order valence-electron chi connectivity index (χ4n) is 2.77. The van der Waals surface area contributed by atoms with Gasteiger partial charge in [-0.1, -0.05) is 38.1 Å². The van der Waals surface area contributed by atoms with Gasteiger partial charge in [-0.3, -0.25) is 4.79 Å². The van der Waals surface area contributed by atoms with Crippen LogP contribution >= 0.6 is 0 Å². The Bertz CT molecular complexity index is 949. The van der Waals surface area contributed by atoms with Crippen LogP contribution in [-0.2, 0) is 0 Å². The molecule has 5 heteroatoms. The molecule has 5 nitrogen and oxygen atoms in total. The Labute approximate surface area is 159 Å². The smallest absolute Gasteiger partial charge is 0.274 e. The van der Waals surface area contributed by atoms with Crippen molar-refractivity contribution in [2.75, 3.05) is 10.6 Å². The molecule has 3 rings (SSSR count). The van der Waals surface area contributed by atoms with E-state index in [9.17, 15) is 4.79 Å². The molecule has 1 heterocycles. The van der Waals surface area contributed by atoms with Gasteiger partial charge < -0.3 is 10.6 Å². The molecule has 0 saturated carbocycles. The number of nitrogens with zero attached hydrogens (tertiary/aromatic N) is 2. The summed E-state index contributed by atoms with van der Waals surface area (Å²) in [5, 5.41) is 6.13. The van der Waals surface area contributed by atoms with Gasteiger partial charge in [0.15, 0.2) is 0 Å². The van der Waals surface area contributed by atoms with Crippen LogP contribution in [-0.4, -0.2) is 15.9 Å².